The van der Waals surface area contributed by atoms with E-state index in [1.54, 1.807) is 7.11 Å². The molecular formula is C23H32N4O. The van der Waals surface area contributed by atoms with E-state index in [-0.39, 0.29) is 0 Å². The second-order valence-corrected chi connectivity index (χ2v) is 7.53. The molecule has 5 nitrogen and oxygen atoms in total. The van der Waals surface area contributed by atoms with Gasteiger partial charge in [-0.05, 0) is 43.1 Å². The molecule has 0 saturated heterocycles. The highest BCUT2D eigenvalue weighted by molar-refractivity contribution is 5.92. The Labute approximate surface area is 168 Å². The Hall–Kier alpha value is -2.53. The summed E-state index contributed by atoms with van der Waals surface area (Å²) in [7, 11) is 3.90. The van der Waals surface area contributed by atoms with Gasteiger partial charge < -0.3 is 15.8 Å². The Kier molecular flexibility index (Phi) is 7.31. The topological polar surface area (TPSA) is 62.9 Å². The molecule has 0 bridgehead atoms. The van der Waals surface area contributed by atoms with Gasteiger partial charge >= 0.3 is 0 Å². The van der Waals surface area contributed by atoms with Crippen molar-refractivity contribution in [2.75, 3.05) is 19.5 Å². The molecule has 0 heterocycles. The van der Waals surface area contributed by atoms with Crippen molar-refractivity contribution < 1.29 is 4.74 Å². The van der Waals surface area contributed by atoms with Crippen LogP contribution in [0.5, 0.6) is 5.75 Å². The van der Waals surface area contributed by atoms with Crippen LogP contribution in [0.15, 0.2) is 53.5 Å². The molecule has 0 spiro atoms. The summed E-state index contributed by atoms with van der Waals surface area (Å²) in [4.78, 5) is 7.05. The van der Waals surface area contributed by atoms with Gasteiger partial charge in [0.25, 0.3) is 0 Å². The molecule has 2 aromatic rings. The van der Waals surface area contributed by atoms with Crippen LogP contribution in [0.3, 0.4) is 0 Å². The fourth-order valence-electron chi connectivity index (χ4n) is 3.84. The molecular weight excluding hydrogens is 348 g/mol. The lowest BCUT2D eigenvalue weighted by atomic mass is 9.94. The van der Waals surface area contributed by atoms with Crippen LogP contribution >= 0.6 is 0 Å². The lowest BCUT2D eigenvalue weighted by Gasteiger charge is -2.31. The number of nitrogens with zero attached hydrogens (tertiary/aromatic N) is 2. The first-order valence-electron chi connectivity index (χ1n) is 10.1. The maximum atomic E-state index is 6.10. The summed E-state index contributed by atoms with van der Waals surface area (Å²) < 4.78 is 5.24. The van der Waals surface area contributed by atoms with Crippen LogP contribution in [0.4, 0.5) is 5.69 Å². The quantitative estimate of drug-likeness (QED) is 0.552. The zero-order valence-corrected chi connectivity index (χ0v) is 17.0. The monoisotopic (exact) mass is 380 g/mol. The minimum atomic E-state index is 0.406. The summed E-state index contributed by atoms with van der Waals surface area (Å²) in [5, 5.41) is 3.14. The first kappa shape index (κ1) is 20.2. The highest BCUT2D eigenvalue weighted by atomic mass is 16.5. The molecule has 28 heavy (non-hydrogen) atoms. The molecule has 3 rings (SSSR count). The van der Waals surface area contributed by atoms with Crippen molar-refractivity contribution >= 4 is 11.6 Å². The van der Waals surface area contributed by atoms with Crippen molar-refractivity contribution in [1.29, 1.82) is 0 Å². The zero-order valence-electron chi connectivity index (χ0n) is 17.0. The third kappa shape index (κ3) is 5.73. The Morgan fingerprint density at radius 3 is 2.61 bits per heavy atom. The molecule has 0 aliphatic heterocycles. The fraction of sp³-hybridized carbons (Fsp3) is 0.435. The van der Waals surface area contributed by atoms with E-state index in [0.717, 1.165) is 18.0 Å². The van der Waals surface area contributed by atoms with E-state index in [9.17, 15) is 0 Å². The van der Waals surface area contributed by atoms with Gasteiger partial charge in [0.15, 0.2) is 5.96 Å². The molecule has 1 aliphatic carbocycles. The van der Waals surface area contributed by atoms with Crippen LogP contribution in [-0.2, 0) is 13.1 Å². The molecule has 1 fully saturated rings. The van der Waals surface area contributed by atoms with Gasteiger partial charge in [0.1, 0.15) is 5.75 Å². The van der Waals surface area contributed by atoms with Gasteiger partial charge in [-0.1, -0.05) is 49.6 Å². The van der Waals surface area contributed by atoms with Crippen molar-refractivity contribution in [3.63, 3.8) is 0 Å². The van der Waals surface area contributed by atoms with E-state index in [2.05, 4.69) is 46.5 Å². The van der Waals surface area contributed by atoms with Crippen LogP contribution < -0.4 is 15.8 Å². The Morgan fingerprint density at radius 1 is 1.11 bits per heavy atom. The van der Waals surface area contributed by atoms with Gasteiger partial charge in [-0.25, -0.2) is 4.99 Å². The number of methoxy groups -OCH3 is 1. The maximum absolute atomic E-state index is 6.10. The van der Waals surface area contributed by atoms with E-state index in [0.29, 0.717) is 18.5 Å². The first-order valence-corrected chi connectivity index (χ1v) is 10.1. The molecule has 5 heteroatoms. The number of benzene rings is 2. The van der Waals surface area contributed by atoms with E-state index < -0.39 is 0 Å². The predicted molar refractivity (Wildman–Crippen MR) is 117 cm³/mol. The van der Waals surface area contributed by atoms with Crippen molar-refractivity contribution in [2.45, 2.75) is 51.2 Å². The largest absolute Gasteiger partial charge is 0.497 e. The number of hydrogen-bond donors (Lipinski definition) is 2. The maximum Gasteiger partial charge on any atom is 0.193 e. The highest BCUT2D eigenvalue weighted by Crippen LogP contribution is 2.24. The van der Waals surface area contributed by atoms with E-state index in [1.807, 2.05) is 24.3 Å². The average molecular weight is 381 g/mol. The molecule has 1 aliphatic rings. The van der Waals surface area contributed by atoms with E-state index in [1.165, 1.54) is 43.2 Å². The molecule has 0 atom stereocenters. The van der Waals surface area contributed by atoms with Gasteiger partial charge in [-0.2, -0.15) is 0 Å². The first-order chi connectivity index (χ1) is 13.7. The SMILES string of the molecule is COc1cccc(NC(N)=NCc2ccccc2CN(C)C2CCCCC2)c1. The molecule has 0 amide bonds. The molecule has 150 valence electrons. The Balaban J connectivity index is 1.62. The van der Waals surface area contributed by atoms with Crippen LogP contribution in [0.2, 0.25) is 0 Å². The second kappa shape index (κ2) is 10.1. The number of ether oxygens (including phenoxy) is 1. The fourth-order valence-corrected chi connectivity index (χ4v) is 3.84. The van der Waals surface area contributed by atoms with Crippen LogP contribution in [0.1, 0.15) is 43.2 Å². The number of nitrogens with one attached hydrogen (secondary N) is 1. The normalized spacial score (nSPS) is 15.6. The summed E-state index contributed by atoms with van der Waals surface area (Å²) in [6, 6.07) is 16.9. The molecule has 0 unspecified atom stereocenters. The summed E-state index contributed by atoms with van der Waals surface area (Å²) >= 11 is 0. The molecule has 2 aromatic carbocycles. The Morgan fingerprint density at radius 2 is 1.86 bits per heavy atom. The van der Waals surface area contributed by atoms with Gasteiger partial charge in [-0.15, -0.1) is 0 Å². The van der Waals surface area contributed by atoms with Gasteiger partial charge in [0.2, 0.25) is 0 Å². The van der Waals surface area contributed by atoms with Crippen LogP contribution in [0.25, 0.3) is 0 Å². The van der Waals surface area contributed by atoms with Crippen molar-refractivity contribution in [3.8, 4) is 5.75 Å². The Bertz CT molecular complexity index is 784. The lowest BCUT2D eigenvalue weighted by Crippen LogP contribution is -2.33. The van der Waals surface area contributed by atoms with E-state index in [4.69, 9.17) is 10.5 Å². The summed E-state index contributed by atoms with van der Waals surface area (Å²) in [6.45, 7) is 1.52. The molecule has 3 N–H and O–H groups in total. The zero-order chi connectivity index (χ0) is 19.8. The van der Waals surface area contributed by atoms with Gasteiger partial charge in [0.05, 0.1) is 13.7 Å². The summed E-state index contributed by atoms with van der Waals surface area (Å²) in [6.07, 6.45) is 6.72. The van der Waals surface area contributed by atoms with Crippen LogP contribution in [-0.4, -0.2) is 31.1 Å². The smallest absolute Gasteiger partial charge is 0.193 e. The second-order valence-electron chi connectivity index (χ2n) is 7.53. The summed E-state index contributed by atoms with van der Waals surface area (Å²) in [5.41, 5.74) is 9.52. The minimum absolute atomic E-state index is 0.406. The highest BCUT2D eigenvalue weighted by Gasteiger charge is 2.18. The number of anilines is 1. The summed E-state index contributed by atoms with van der Waals surface area (Å²) in [5.74, 6) is 1.19. The van der Waals surface area contributed by atoms with Crippen molar-refractivity contribution in [3.05, 3.63) is 59.7 Å². The molecule has 0 radical (unpaired) electrons. The van der Waals surface area contributed by atoms with Crippen molar-refractivity contribution in [2.24, 2.45) is 10.7 Å². The van der Waals surface area contributed by atoms with Crippen molar-refractivity contribution in [1.82, 2.24) is 4.90 Å². The lowest BCUT2D eigenvalue weighted by molar-refractivity contribution is 0.184. The average Bonchev–Trinajstić information content (AvgIpc) is 2.74. The molecule has 1 saturated carbocycles. The third-order valence-corrected chi connectivity index (χ3v) is 5.50. The standard InChI is InChI=1S/C23H32N4O/c1-27(21-12-4-3-5-13-21)17-19-10-7-6-9-18(19)16-25-23(24)26-20-11-8-14-22(15-20)28-2/h6-11,14-15,21H,3-5,12-13,16-17H2,1-2H3,(H3,24,25,26). The number of nitrogens with two attached hydrogens (primary N) is 1. The molecule has 0 aromatic heterocycles. The van der Waals surface area contributed by atoms with Gasteiger partial charge in [-0.3, -0.25) is 4.90 Å². The number of guanidine groups is 1. The number of rotatable bonds is 7. The van der Waals surface area contributed by atoms with Gasteiger partial charge in [0, 0.05) is 24.3 Å². The number of hydrogen-bond acceptors (Lipinski definition) is 3. The third-order valence-electron chi connectivity index (χ3n) is 5.50. The van der Waals surface area contributed by atoms with Crippen LogP contribution in [0, 0.1) is 0 Å². The van der Waals surface area contributed by atoms with E-state index >= 15 is 0 Å². The number of aliphatic imine (C=N–C) groups is 1. The predicted octanol–water partition coefficient (Wildman–Crippen LogP) is 4.39. The minimum Gasteiger partial charge on any atom is -0.497 e.